The Hall–Kier alpha value is -3.20. The summed E-state index contributed by atoms with van der Waals surface area (Å²) in [5.74, 6) is -0.441. The highest BCUT2D eigenvalue weighted by atomic mass is 35.5. The largest absolute Gasteiger partial charge is 0.433 e. The van der Waals surface area contributed by atoms with Crippen molar-refractivity contribution in [3.8, 4) is 0 Å². The number of aromatic nitrogens is 3. The van der Waals surface area contributed by atoms with E-state index in [1.165, 1.54) is 12.3 Å². The minimum Gasteiger partial charge on any atom is -0.350 e. The van der Waals surface area contributed by atoms with E-state index in [9.17, 15) is 18.0 Å². The first-order valence-corrected chi connectivity index (χ1v) is 10.4. The van der Waals surface area contributed by atoms with Crippen LogP contribution in [-0.2, 0) is 30.4 Å². The number of amides is 1. The number of nitrogens with zero attached hydrogens (tertiary/aromatic N) is 3. The summed E-state index contributed by atoms with van der Waals surface area (Å²) in [7, 11) is 0. The fraction of sp³-hybridized carbons (Fsp3) is 0.273. The molecular formula is C22H17ClF3N5O. The fourth-order valence-corrected chi connectivity index (χ4v) is 4.34. The third-order valence-electron chi connectivity index (χ3n) is 5.65. The minimum atomic E-state index is -4.48. The summed E-state index contributed by atoms with van der Waals surface area (Å²) in [6.45, 7) is 0.197. The summed E-state index contributed by atoms with van der Waals surface area (Å²) in [5, 5.41) is 6.47. The van der Waals surface area contributed by atoms with Gasteiger partial charge in [0.05, 0.1) is 5.69 Å². The molecule has 0 spiro atoms. The maximum atomic E-state index is 12.8. The zero-order chi connectivity index (χ0) is 22.5. The molecule has 0 fully saturated rings. The lowest BCUT2D eigenvalue weighted by Crippen LogP contribution is -2.18. The standard InChI is InChI=1S/C22H17ClF3N5O/c23-12-5-6-16-14(8-12)18(20(32)29-16)19-13-2-1-3-15(13)30-21(31-19)28-10-11-4-7-17(27-9-11)22(24,25)26/h4-9,18H,1-3,10H2,(H,29,32)(H,28,30,31). The van der Waals surface area contributed by atoms with E-state index in [2.05, 4.69) is 25.6 Å². The molecule has 6 nitrogen and oxygen atoms in total. The van der Waals surface area contributed by atoms with Crippen LogP contribution in [0.3, 0.4) is 0 Å². The van der Waals surface area contributed by atoms with Crippen molar-refractivity contribution < 1.29 is 18.0 Å². The van der Waals surface area contributed by atoms with Crippen LogP contribution in [-0.4, -0.2) is 20.9 Å². The average molecular weight is 460 g/mol. The van der Waals surface area contributed by atoms with E-state index in [-0.39, 0.29) is 12.5 Å². The number of nitrogens with one attached hydrogen (secondary N) is 2. The topological polar surface area (TPSA) is 79.8 Å². The zero-order valence-corrected chi connectivity index (χ0v) is 17.4. The number of alkyl halides is 3. The second kappa shape index (κ2) is 7.74. The highest BCUT2D eigenvalue weighted by Gasteiger charge is 2.37. The van der Waals surface area contributed by atoms with Crippen LogP contribution in [0.15, 0.2) is 36.5 Å². The van der Waals surface area contributed by atoms with Crippen molar-refractivity contribution >= 4 is 29.1 Å². The molecule has 0 saturated carbocycles. The molecule has 164 valence electrons. The first-order chi connectivity index (χ1) is 15.3. The van der Waals surface area contributed by atoms with Crippen LogP contribution < -0.4 is 10.6 Å². The maximum absolute atomic E-state index is 12.8. The van der Waals surface area contributed by atoms with Crippen LogP contribution in [0.4, 0.5) is 24.8 Å². The molecule has 3 aromatic rings. The normalized spacial score (nSPS) is 17.1. The number of pyridine rings is 1. The average Bonchev–Trinajstić information content (AvgIpc) is 3.35. The van der Waals surface area contributed by atoms with Crippen LogP contribution >= 0.6 is 11.6 Å². The highest BCUT2D eigenvalue weighted by molar-refractivity contribution is 6.31. The molecule has 0 bridgehead atoms. The maximum Gasteiger partial charge on any atom is 0.433 e. The number of carbonyl (C=O) groups is 1. The number of anilines is 2. The number of carbonyl (C=O) groups excluding carboxylic acids is 1. The van der Waals surface area contributed by atoms with Gasteiger partial charge >= 0.3 is 6.18 Å². The lowest BCUT2D eigenvalue weighted by molar-refractivity contribution is -0.141. The molecule has 1 amide bonds. The van der Waals surface area contributed by atoms with Gasteiger partial charge in [0.2, 0.25) is 11.9 Å². The first-order valence-electron chi connectivity index (χ1n) is 10.1. The number of halogens is 4. The molecule has 1 aliphatic carbocycles. The number of aryl methyl sites for hydroxylation is 1. The van der Waals surface area contributed by atoms with Gasteiger partial charge in [-0.05, 0) is 60.2 Å². The molecule has 2 aliphatic rings. The lowest BCUT2D eigenvalue weighted by atomic mass is 9.93. The van der Waals surface area contributed by atoms with Crippen LogP contribution in [0.1, 0.15) is 46.1 Å². The lowest BCUT2D eigenvalue weighted by Gasteiger charge is -2.16. The number of fused-ring (bicyclic) bond motifs is 2. The molecule has 1 aromatic carbocycles. The molecule has 1 atom stereocenters. The van der Waals surface area contributed by atoms with E-state index in [4.69, 9.17) is 11.6 Å². The second-order valence-corrected chi connectivity index (χ2v) is 8.20. The Labute approximate surface area is 186 Å². The Morgan fingerprint density at radius 3 is 2.75 bits per heavy atom. The molecule has 0 radical (unpaired) electrons. The van der Waals surface area contributed by atoms with Gasteiger partial charge in [-0.25, -0.2) is 9.97 Å². The molecule has 32 heavy (non-hydrogen) atoms. The number of hydrogen-bond acceptors (Lipinski definition) is 5. The molecule has 1 unspecified atom stereocenters. The number of benzene rings is 1. The van der Waals surface area contributed by atoms with Crippen molar-refractivity contribution in [3.63, 3.8) is 0 Å². The summed E-state index contributed by atoms with van der Waals surface area (Å²) in [5.41, 5.74) is 3.58. The monoisotopic (exact) mass is 459 g/mol. The van der Waals surface area contributed by atoms with Gasteiger partial charge in [0.15, 0.2) is 0 Å². The summed E-state index contributed by atoms with van der Waals surface area (Å²) in [6.07, 6.45) is -0.830. The third-order valence-corrected chi connectivity index (χ3v) is 5.88. The van der Waals surface area contributed by atoms with Crippen molar-refractivity contribution in [2.24, 2.45) is 0 Å². The summed E-state index contributed by atoms with van der Waals surface area (Å²) in [6, 6.07) is 7.56. The van der Waals surface area contributed by atoms with Crippen molar-refractivity contribution in [1.29, 1.82) is 0 Å². The Kier molecular flexibility index (Phi) is 5.00. The first kappa shape index (κ1) is 20.7. The van der Waals surface area contributed by atoms with Crippen LogP contribution in [0, 0.1) is 0 Å². The van der Waals surface area contributed by atoms with Crippen LogP contribution in [0.25, 0.3) is 0 Å². The van der Waals surface area contributed by atoms with E-state index in [0.29, 0.717) is 27.9 Å². The summed E-state index contributed by atoms with van der Waals surface area (Å²) < 4.78 is 38.1. The fourth-order valence-electron chi connectivity index (χ4n) is 4.16. The Morgan fingerprint density at radius 1 is 1.16 bits per heavy atom. The second-order valence-electron chi connectivity index (χ2n) is 7.77. The van der Waals surface area contributed by atoms with Gasteiger partial charge in [0.25, 0.3) is 0 Å². The zero-order valence-electron chi connectivity index (χ0n) is 16.6. The Balaban J connectivity index is 1.45. The van der Waals surface area contributed by atoms with E-state index < -0.39 is 17.8 Å². The molecule has 5 rings (SSSR count). The van der Waals surface area contributed by atoms with Crippen molar-refractivity contribution in [2.75, 3.05) is 10.6 Å². The molecule has 2 N–H and O–H groups in total. The Morgan fingerprint density at radius 2 is 2.00 bits per heavy atom. The predicted molar refractivity (Wildman–Crippen MR) is 113 cm³/mol. The van der Waals surface area contributed by atoms with Crippen molar-refractivity contribution in [3.05, 3.63) is 75.3 Å². The summed E-state index contributed by atoms with van der Waals surface area (Å²) >= 11 is 6.17. The van der Waals surface area contributed by atoms with Gasteiger partial charge in [-0.3, -0.25) is 9.78 Å². The van der Waals surface area contributed by atoms with E-state index >= 15 is 0 Å². The van der Waals surface area contributed by atoms with E-state index in [1.54, 1.807) is 18.2 Å². The number of rotatable bonds is 4. The van der Waals surface area contributed by atoms with Gasteiger partial charge in [-0.1, -0.05) is 17.7 Å². The number of hydrogen-bond donors (Lipinski definition) is 2. The van der Waals surface area contributed by atoms with Gasteiger partial charge in [0, 0.05) is 29.1 Å². The molecular weight excluding hydrogens is 443 g/mol. The third kappa shape index (κ3) is 3.77. The molecule has 0 saturated heterocycles. The van der Waals surface area contributed by atoms with E-state index in [1.807, 2.05) is 0 Å². The summed E-state index contributed by atoms with van der Waals surface area (Å²) in [4.78, 5) is 25.5. The van der Waals surface area contributed by atoms with Crippen molar-refractivity contribution in [2.45, 2.75) is 37.9 Å². The van der Waals surface area contributed by atoms with Gasteiger partial charge in [0.1, 0.15) is 11.6 Å². The molecule has 3 heterocycles. The molecule has 10 heteroatoms. The smallest absolute Gasteiger partial charge is 0.350 e. The predicted octanol–water partition coefficient (Wildman–Crippen LogP) is 4.73. The van der Waals surface area contributed by atoms with Gasteiger partial charge in [-0.15, -0.1) is 0 Å². The molecule has 1 aliphatic heterocycles. The van der Waals surface area contributed by atoms with Crippen molar-refractivity contribution in [1.82, 2.24) is 15.0 Å². The van der Waals surface area contributed by atoms with E-state index in [0.717, 1.165) is 42.1 Å². The van der Waals surface area contributed by atoms with Crippen LogP contribution in [0.2, 0.25) is 5.02 Å². The SMILES string of the molecule is O=C1Nc2ccc(Cl)cc2C1c1nc(NCc2ccc(C(F)(F)F)nc2)nc2c1CCC2. The highest BCUT2D eigenvalue weighted by Crippen LogP contribution is 2.41. The Bertz CT molecular complexity index is 1210. The van der Waals surface area contributed by atoms with Gasteiger partial charge in [-0.2, -0.15) is 13.2 Å². The minimum absolute atomic E-state index is 0.173. The van der Waals surface area contributed by atoms with Gasteiger partial charge < -0.3 is 10.6 Å². The molecule has 2 aromatic heterocycles. The quantitative estimate of drug-likeness (QED) is 0.589. The van der Waals surface area contributed by atoms with Crippen LogP contribution in [0.5, 0.6) is 0 Å².